The normalized spacial score (nSPS) is 10.3. The highest BCUT2D eigenvalue weighted by molar-refractivity contribution is 6.04. The number of pyridine rings is 2. The molecule has 0 aliphatic carbocycles. The molecule has 3 aromatic heterocycles. The number of hydrogen-bond donors (Lipinski definition) is 1. The molecule has 0 aliphatic heterocycles. The first-order valence-corrected chi connectivity index (χ1v) is 7.42. The van der Waals surface area contributed by atoms with E-state index in [0.717, 1.165) is 0 Å². The second kappa shape index (κ2) is 6.91. The highest BCUT2D eigenvalue weighted by Crippen LogP contribution is 2.11. The topological polar surface area (TPSA) is 99.0 Å². The maximum atomic E-state index is 12.7. The largest absolute Gasteiger partial charge is 0.480 e. The summed E-state index contributed by atoms with van der Waals surface area (Å²) in [6.45, 7) is 1.70. The summed E-state index contributed by atoms with van der Waals surface area (Å²) in [7, 11) is 1.47. The van der Waals surface area contributed by atoms with Gasteiger partial charge < -0.3 is 10.1 Å². The van der Waals surface area contributed by atoms with Crippen LogP contribution in [0.5, 0.6) is 5.88 Å². The molecular formula is C17H15N5O3. The summed E-state index contributed by atoms with van der Waals surface area (Å²) in [6.07, 6.45) is 4.77. The van der Waals surface area contributed by atoms with Crippen LogP contribution in [-0.2, 0) is 0 Å². The Bertz CT molecular complexity index is 952. The quantitative estimate of drug-likeness (QED) is 0.776. The fourth-order valence-corrected chi connectivity index (χ4v) is 2.28. The van der Waals surface area contributed by atoms with E-state index in [1.165, 1.54) is 11.7 Å². The van der Waals surface area contributed by atoms with Gasteiger partial charge in [0.1, 0.15) is 5.56 Å². The number of ether oxygens (including phenoxy) is 1. The van der Waals surface area contributed by atoms with Crippen LogP contribution in [-0.4, -0.2) is 32.8 Å². The Morgan fingerprint density at radius 2 is 2.04 bits per heavy atom. The SMILES string of the molecule is COc1ccc(NC(=O)c2c(C)ccn(-c3cccnc3)c2=O)nn1. The van der Waals surface area contributed by atoms with Crippen LogP contribution in [0.15, 0.2) is 53.7 Å². The van der Waals surface area contributed by atoms with Crippen LogP contribution >= 0.6 is 0 Å². The van der Waals surface area contributed by atoms with Crippen LogP contribution in [0.25, 0.3) is 5.69 Å². The molecule has 1 N–H and O–H groups in total. The van der Waals surface area contributed by atoms with E-state index < -0.39 is 11.5 Å². The number of carbonyl (C=O) groups is 1. The number of nitrogens with one attached hydrogen (secondary N) is 1. The number of nitrogens with zero attached hydrogens (tertiary/aromatic N) is 4. The van der Waals surface area contributed by atoms with Crippen molar-refractivity contribution in [3.8, 4) is 11.6 Å². The van der Waals surface area contributed by atoms with Gasteiger partial charge in [-0.3, -0.25) is 19.1 Å². The van der Waals surface area contributed by atoms with Crippen molar-refractivity contribution in [2.45, 2.75) is 6.92 Å². The lowest BCUT2D eigenvalue weighted by atomic mass is 10.1. The van der Waals surface area contributed by atoms with Crippen molar-refractivity contribution in [3.05, 3.63) is 70.4 Å². The molecule has 0 aliphatic rings. The number of anilines is 1. The molecule has 3 rings (SSSR count). The lowest BCUT2D eigenvalue weighted by Gasteiger charge is -2.10. The van der Waals surface area contributed by atoms with E-state index in [-0.39, 0.29) is 11.4 Å². The number of amides is 1. The number of aromatic nitrogens is 4. The van der Waals surface area contributed by atoms with Gasteiger partial charge in [-0.1, -0.05) is 0 Å². The van der Waals surface area contributed by atoms with Crippen LogP contribution in [0.4, 0.5) is 5.82 Å². The minimum absolute atomic E-state index is 0.0315. The van der Waals surface area contributed by atoms with E-state index >= 15 is 0 Å². The third kappa shape index (κ3) is 3.37. The second-order valence-corrected chi connectivity index (χ2v) is 5.18. The molecule has 3 aromatic rings. The smallest absolute Gasteiger partial charge is 0.268 e. The number of carbonyl (C=O) groups excluding carboxylic acids is 1. The van der Waals surface area contributed by atoms with Gasteiger partial charge in [0.15, 0.2) is 5.82 Å². The molecule has 0 aromatic carbocycles. The Morgan fingerprint density at radius 3 is 2.68 bits per heavy atom. The number of methoxy groups -OCH3 is 1. The second-order valence-electron chi connectivity index (χ2n) is 5.18. The van der Waals surface area contributed by atoms with Gasteiger partial charge in [-0.15, -0.1) is 10.2 Å². The summed E-state index contributed by atoms with van der Waals surface area (Å²) < 4.78 is 6.29. The van der Waals surface area contributed by atoms with Crippen molar-refractivity contribution in [1.29, 1.82) is 0 Å². The van der Waals surface area contributed by atoms with E-state index in [9.17, 15) is 9.59 Å². The number of aryl methyl sites for hydroxylation is 1. The molecule has 8 nitrogen and oxygen atoms in total. The van der Waals surface area contributed by atoms with Crippen molar-refractivity contribution >= 4 is 11.7 Å². The van der Waals surface area contributed by atoms with Crippen molar-refractivity contribution in [2.24, 2.45) is 0 Å². The third-order valence-electron chi connectivity index (χ3n) is 3.54. The van der Waals surface area contributed by atoms with Crippen molar-refractivity contribution in [2.75, 3.05) is 12.4 Å². The summed E-state index contributed by atoms with van der Waals surface area (Å²) in [4.78, 5) is 29.3. The Morgan fingerprint density at radius 1 is 1.20 bits per heavy atom. The van der Waals surface area contributed by atoms with Gasteiger partial charge in [0, 0.05) is 18.5 Å². The highest BCUT2D eigenvalue weighted by Gasteiger charge is 2.17. The van der Waals surface area contributed by atoms with Crippen LogP contribution in [0, 0.1) is 6.92 Å². The van der Waals surface area contributed by atoms with Gasteiger partial charge >= 0.3 is 0 Å². The Balaban J connectivity index is 1.95. The molecule has 0 fully saturated rings. The van der Waals surface area contributed by atoms with Crippen molar-refractivity contribution in [3.63, 3.8) is 0 Å². The zero-order valence-corrected chi connectivity index (χ0v) is 13.6. The molecule has 25 heavy (non-hydrogen) atoms. The summed E-state index contributed by atoms with van der Waals surface area (Å²) in [5, 5.41) is 10.2. The fourth-order valence-electron chi connectivity index (χ4n) is 2.28. The maximum absolute atomic E-state index is 12.7. The molecule has 8 heteroatoms. The van der Waals surface area contributed by atoms with Crippen LogP contribution in [0.3, 0.4) is 0 Å². The lowest BCUT2D eigenvalue weighted by molar-refractivity contribution is 0.102. The molecule has 0 saturated carbocycles. The Labute approximate surface area is 143 Å². The van der Waals surface area contributed by atoms with Crippen LogP contribution < -0.4 is 15.6 Å². The standard InChI is InChI=1S/C17H15N5O3/c1-11-7-9-22(12-4-3-8-18-10-12)17(24)15(11)16(23)19-13-5-6-14(25-2)21-20-13/h3-10H,1-2H3,(H,19,20,23). The number of rotatable bonds is 4. The summed E-state index contributed by atoms with van der Waals surface area (Å²) in [6, 6.07) is 8.26. The molecule has 0 unspecified atom stereocenters. The zero-order valence-electron chi connectivity index (χ0n) is 13.6. The highest BCUT2D eigenvalue weighted by atomic mass is 16.5. The van der Waals surface area contributed by atoms with E-state index in [4.69, 9.17) is 4.74 Å². The van der Waals surface area contributed by atoms with Gasteiger partial charge in [0.05, 0.1) is 19.0 Å². The Hall–Kier alpha value is -3.55. The van der Waals surface area contributed by atoms with Gasteiger partial charge in [-0.25, -0.2) is 0 Å². The van der Waals surface area contributed by atoms with Gasteiger partial charge in [0.25, 0.3) is 11.5 Å². The minimum atomic E-state index is -0.555. The van der Waals surface area contributed by atoms with E-state index in [0.29, 0.717) is 17.1 Å². The average molecular weight is 337 g/mol. The lowest BCUT2D eigenvalue weighted by Crippen LogP contribution is -2.29. The monoisotopic (exact) mass is 337 g/mol. The number of hydrogen-bond acceptors (Lipinski definition) is 6. The van der Waals surface area contributed by atoms with Gasteiger partial charge in [-0.2, -0.15) is 0 Å². The van der Waals surface area contributed by atoms with Crippen LogP contribution in [0.1, 0.15) is 15.9 Å². The molecule has 126 valence electrons. The zero-order chi connectivity index (χ0) is 17.8. The predicted octanol–water partition coefficient (Wildman–Crippen LogP) is 1.59. The maximum Gasteiger partial charge on any atom is 0.268 e. The molecule has 1 amide bonds. The molecular weight excluding hydrogens is 322 g/mol. The summed E-state index contributed by atoms with van der Waals surface area (Å²) in [5.41, 5.74) is 0.728. The summed E-state index contributed by atoms with van der Waals surface area (Å²) >= 11 is 0. The molecule has 0 saturated heterocycles. The van der Waals surface area contributed by atoms with E-state index in [1.807, 2.05) is 0 Å². The van der Waals surface area contributed by atoms with E-state index in [2.05, 4.69) is 20.5 Å². The molecule has 0 spiro atoms. The first kappa shape index (κ1) is 16.3. The predicted molar refractivity (Wildman–Crippen MR) is 91.1 cm³/mol. The molecule has 0 bridgehead atoms. The fraction of sp³-hybridized carbons (Fsp3) is 0.118. The third-order valence-corrected chi connectivity index (χ3v) is 3.54. The van der Waals surface area contributed by atoms with Gasteiger partial charge in [-0.05, 0) is 36.8 Å². The van der Waals surface area contributed by atoms with Crippen molar-refractivity contribution < 1.29 is 9.53 Å². The summed E-state index contributed by atoms with van der Waals surface area (Å²) in [5.74, 6) is -0.00517. The van der Waals surface area contributed by atoms with E-state index in [1.54, 1.807) is 55.8 Å². The molecule has 0 atom stereocenters. The first-order chi connectivity index (χ1) is 12.1. The molecule has 0 radical (unpaired) electrons. The Kier molecular flexibility index (Phi) is 4.51. The minimum Gasteiger partial charge on any atom is -0.480 e. The first-order valence-electron chi connectivity index (χ1n) is 7.42. The molecule has 3 heterocycles. The van der Waals surface area contributed by atoms with Crippen LogP contribution in [0.2, 0.25) is 0 Å². The average Bonchev–Trinajstić information content (AvgIpc) is 2.63. The van der Waals surface area contributed by atoms with Gasteiger partial charge in [0.2, 0.25) is 5.88 Å². The van der Waals surface area contributed by atoms with Crippen molar-refractivity contribution in [1.82, 2.24) is 19.7 Å².